The fourth-order valence-corrected chi connectivity index (χ4v) is 1.62. The number of nitrogens with zero attached hydrogens (tertiary/aromatic N) is 2. The van der Waals surface area contributed by atoms with E-state index in [-0.39, 0.29) is 0 Å². The molecule has 1 heterocycles. The van der Waals surface area contributed by atoms with Gasteiger partial charge in [0.2, 0.25) is 0 Å². The molecule has 3 N–H and O–H groups in total. The van der Waals surface area contributed by atoms with Gasteiger partial charge in [0, 0.05) is 17.7 Å². The second-order valence-electron chi connectivity index (χ2n) is 3.92. The molecule has 2 unspecified atom stereocenters. The molecule has 0 aromatic carbocycles. The van der Waals surface area contributed by atoms with Crippen molar-refractivity contribution in [1.29, 1.82) is 0 Å². The van der Waals surface area contributed by atoms with Gasteiger partial charge in [-0.15, -0.1) is 0 Å². The van der Waals surface area contributed by atoms with E-state index >= 15 is 0 Å². The molecule has 0 spiro atoms. The second kappa shape index (κ2) is 3.53. The minimum Gasteiger partial charge on any atom is -0.308 e. The third-order valence-corrected chi connectivity index (χ3v) is 2.75. The topological polar surface area (TPSA) is 63.8 Å². The van der Waals surface area contributed by atoms with Gasteiger partial charge in [-0.3, -0.25) is 0 Å². The number of aryl methyl sites for hydroxylation is 1. The van der Waals surface area contributed by atoms with Crippen molar-refractivity contribution in [3.05, 3.63) is 17.6 Å². The van der Waals surface area contributed by atoms with Crippen LogP contribution in [0.3, 0.4) is 0 Å². The van der Waals surface area contributed by atoms with Gasteiger partial charge in [-0.25, -0.2) is 15.8 Å². The Morgan fingerprint density at radius 3 is 2.79 bits per heavy atom. The first kappa shape index (κ1) is 9.40. The van der Waals surface area contributed by atoms with Crippen LogP contribution in [0.5, 0.6) is 0 Å². The van der Waals surface area contributed by atoms with Gasteiger partial charge in [0.1, 0.15) is 11.6 Å². The lowest BCUT2D eigenvalue weighted by Crippen LogP contribution is -2.11. The highest BCUT2D eigenvalue weighted by molar-refractivity contribution is 5.35. The molecule has 4 heteroatoms. The minimum atomic E-state index is 0.550. The molecular formula is C10H16N4. The molecule has 0 saturated heterocycles. The molecule has 1 saturated carbocycles. The maximum Gasteiger partial charge on any atom is 0.143 e. The van der Waals surface area contributed by atoms with E-state index in [1.807, 2.05) is 6.07 Å². The summed E-state index contributed by atoms with van der Waals surface area (Å²) in [6, 6.07) is 1.90. The molecule has 2 atom stereocenters. The summed E-state index contributed by atoms with van der Waals surface area (Å²) in [5.74, 6) is 8.31. The SMILES string of the molecule is CCc1cc(NN)nc(C2CC2C)n1. The van der Waals surface area contributed by atoms with Crippen molar-refractivity contribution >= 4 is 5.82 Å². The molecule has 1 aliphatic rings. The molecule has 1 aliphatic carbocycles. The minimum absolute atomic E-state index is 0.550. The Kier molecular flexibility index (Phi) is 2.37. The monoisotopic (exact) mass is 192 g/mol. The lowest BCUT2D eigenvalue weighted by molar-refractivity contribution is 0.821. The van der Waals surface area contributed by atoms with Crippen molar-refractivity contribution in [2.75, 3.05) is 5.43 Å². The molecule has 76 valence electrons. The molecule has 0 bridgehead atoms. The number of nitrogens with one attached hydrogen (secondary N) is 1. The lowest BCUT2D eigenvalue weighted by Gasteiger charge is -2.05. The van der Waals surface area contributed by atoms with Gasteiger partial charge in [0.15, 0.2) is 0 Å². The molecule has 1 fully saturated rings. The number of nitrogens with two attached hydrogens (primary N) is 1. The lowest BCUT2D eigenvalue weighted by atomic mass is 10.2. The molecule has 0 radical (unpaired) electrons. The van der Waals surface area contributed by atoms with E-state index in [1.165, 1.54) is 6.42 Å². The summed E-state index contributed by atoms with van der Waals surface area (Å²) in [4.78, 5) is 8.87. The van der Waals surface area contributed by atoms with Crippen LogP contribution in [-0.4, -0.2) is 9.97 Å². The molecule has 2 rings (SSSR count). The number of hydrazine groups is 1. The first-order chi connectivity index (χ1) is 6.74. The summed E-state index contributed by atoms with van der Waals surface area (Å²) in [5.41, 5.74) is 3.65. The molecular weight excluding hydrogens is 176 g/mol. The highest BCUT2D eigenvalue weighted by Crippen LogP contribution is 2.45. The van der Waals surface area contributed by atoms with Gasteiger partial charge < -0.3 is 5.43 Å². The number of hydrogen-bond donors (Lipinski definition) is 2. The van der Waals surface area contributed by atoms with Crippen LogP contribution in [0.4, 0.5) is 5.82 Å². The zero-order chi connectivity index (χ0) is 10.1. The molecule has 14 heavy (non-hydrogen) atoms. The molecule has 4 nitrogen and oxygen atoms in total. The van der Waals surface area contributed by atoms with E-state index in [9.17, 15) is 0 Å². The van der Waals surface area contributed by atoms with Gasteiger partial charge in [0.25, 0.3) is 0 Å². The summed E-state index contributed by atoms with van der Waals surface area (Å²) in [6.07, 6.45) is 2.13. The second-order valence-corrected chi connectivity index (χ2v) is 3.92. The number of nitrogen functional groups attached to an aromatic ring is 1. The average Bonchev–Trinajstić information content (AvgIpc) is 2.94. The van der Waals surface area contributed by atoms with Gasteiger partial charge in [-0.1, -0.05) is 13.8 Å². The fraction of sp³-hybridized carbons (Fsp3) is 0.600. The summed E-state index contributed by atoms with van der Waals surface area (Å²) in [7, 11) is 0. The fourth-order valence-electron chi connectivity index (χ4n) is 1.62. The van der Waals surface area contributed by atoms with E-state index in [2.05, 4.69) is 29.2 Å². The van der Waals surface area contributed by atoms with Crippen LogP contribution in [-0.2, 0) is 6.42 Å². The highest BCUT2D eigenvalue weighted by atomic mass is 15.3. The zero-order valence-corrected chi connectivity index (χ0v) is 8.62. The summed E-state index contributed by atoms with van der Waals surface area (Å²) in [5, 5.41) is 0. The smallest absolute Gasteiger partial charge is 0.143 e. The number of aromatic nitrogens is 2. The Morgan fingerprint density at radius 1 is 1.57 bits per heavy atom. The third-order valence-electron chi connectivity index (χ3n) is 2.75. The summed E-state index contributed by atoms with van der Waals surface area (Å²) in [6.45, 7) is 4.31. The maximum absolute atomic E-state index is 5.36. The first-order valence-corrected chi connectivity index (χ1v) is 5.09. The van der Waals surface area contributed by atoms with Crippen molar-refractivity contribution in [1.82, 2.24) is 9.97 Å². The Morgan fingerprint density at radius 2 is 2.29 bits per heavy atom. The highest BCUT2D eigenvalue weighted by Gasteiger charge is 2.36. The largest absolute Gasteiger partial charge is 0.308 e. The Hall–Kier alpha value is -1.16. The number of rotatable bonds is 3. The van der Waals surface area contributed by atoms with E-state index in [0.717, 1.165) is 29.7 Å². The maximum atomic E-state index is 5.36. The van der Waals surface area contributed by atoms with Crippen LogP contribution in [0.1, 0.15) is 37.7 Å². The number of anilines is 1. The van der Waals surface area contributed by atoms with Gasteiger partial charge >= 0.3 is 0 Å². The normalized spacial score (nSPS) is 24.8. The molecule has 1 aromatic rings. The van der Waals surface area contributed by atoms with Crippen molar-refractivity contribution in [3.63, 3.8) is 0 Å². The Bertz CT molecular complexity index is 315. The van der Waals surface area contributed by atoms with Crippen LogP contribution in [0.15, 0.2) is 6.07 Å². The van der Waals surface area contributed by atoms with Crippen LogP contribution in [0.2, 0.25) is 0 Å². The van der Waals surface area contributed by atoms with E-state index < -0.39 is 0 Å². The quantitative estimate of drug-likeness (QED) is 0.562. The average molecular weight is 192 g/mol. The van der Waals surface area contributed by atoms with Crippen LogP contribution < -0.4 is 11.3 Å². The predicted octanol–water partition coefficient (Wildman–Crippen LogP) is 1.45. The first-order valence-electron chi connectivity index (χ1n) is 5.09. The molecule has 0 aliphatic heterocycles. The van der Waals surface area contributed by atoms with Crippen molar-refractivity contribution in [3.8, 4) is 0 Å². The Balaban J connectivity index is 2.30. The van der Waals surface area contributed by atoms with E-state index in [4.69, 9.17) is 5.84 Å². The number of hydrogen-bond acceptors (Lipinski definition) is 4. The van der Waals surface area contributed by atoms with Gasteiger partial charge in [-0.2, -0.15) is 0 Å². The summed E-state index contributed by atoms with van der Waals surface area (Å²) < 4.78 is 0. The summed E-state index contributed by atoms with van der Waals surface area (Å²) >= 11 is 0. The van der Waals surface area contributed by atoms with Gasteiger partial charge in [-0.05, 0) is 18.8 Å². The van der Waals surface area contributed by atoms with Gasteiger partial charge in [0.05, 0.1) is 0 Å². The van der Waals surface area contributed by atoms with Crippen molar-refractivity contribution in [2.45, 2.75) is 32.6 Å². The van der Waals surface area contributed by atoms with E-state index in [0.29, 0.717) is 5.92 Å². The van der Waals surface area contributed by atoms with Crippen molar-refractivity contribution < 1.29 is 0 Å². The van der Waals surface area contributed by atoms with Crippen molar-refractivity contribution in [2.24, 2.45) is 11.8 Å². The standard InChI is InChI=1S/C10H16N4/c1-3-7-5-9(14-11)13-10(12-7)8-4-6(8)2/h5-6,8H,3-4,11H2,1-2H3,(H,12,13,14). The van der Waals surface area contributed by atoms with Crippen LogP contribution in [0.25, 0.3) is 0 Å². The van der Waals surface area contributed by atoms with Crippen LogP contribution >= 0.6 is 0 Å². The molecule has 0 amide bonds. The zero-order valence-electron chi connectivity index (χ0n) is 8.62. The van der Waals surface area contributed by atoms with E-state index in [1.54, 1.807) is 0 Å². The predicted molar refractivity (Wildman–Crippen MR) is 55.7 cm³/mol. The van der Waals surface area contributed by atoms with Crippen LogP contribution in [0, 0.1) is 5.92 Å². The molecule has 1 aromatic heterocycles. The Labute approximate surface area is 83.9 Å². The third kappa shape index (κ3) is 1.70.